The van der Waals surface area contributed by atoms with Gasteiger partial charge in [0.2, 0.25) is 0 Å². The average molecular weight is 445 g/mol. The van der Waals surface area contributed by atoms with Crippen LogP contribution in [0.5, 0.6) is 0 Å². The fourth-order valence-corrected chi connectivity index (χ4v) is 5.06. The van der Waals surface area contributed by atoms with Crippen molar-refractivity contribution in [3.63, 3.8) is 0 Å². The highest BCUT2D eigenvalue weighted by molar-refractivity contribution is 8.01. The Morgan fingerprint density at radius 1 is 1.10 bits per heavy atom. The smallest absolute Gasteiger partial charge is 0.294 e. The van der Waals surface area contributed by atoms with Crippen molar-refractivity contribution < 1.29 is 4.92 Å². The van der Waals surface area contributed by atoms with Crippen LogP contribution in [0.15, 0.2) is 50.2 Å². The van der Waals surface area contributed by atoms with Gasteiger partial charge in [-0.15, -0.1) is 23.1 Å². The number of nitrogens with zero attached hydrogens (tertiary/aromatic N) is 2. The van der Waals surface area contributed by atoms with Crippen molar-refractivity contribution in [3.05, 3.63) is 88.4 Å². The molecule has 0 atom stereocenters. The third-order valence-corrected chi connectivity index (χ3v) is 6.38. The summed E-state index contributed by atoms with van der Waals surface area (Å²) in [6, 6.07) is 10.6. The molecule has 8 nitrogen and oxygen atoms in total. The second-order valence-electron chi connectivity index (χ2n) is 6.67. The van der Waals surface area contributed by atoms with E-state index in [1.165, 1.54) is 35.2 Å². The van der Waals surface area contributed by atoms with Gasteiger partial charge in [-0.25, -0.2) is 0 Å². The molecule has 0 aliphatic carbocycles. The molecule has 2 aromatic heterocycles. The van der Waals surface area contributed by atoms with Crippen molar-refractivity contribution in [3.8, 4) is 0 Å². The van der Waals surface area contributed by atoms with Crippen LogP contribution < -0.4 is 21.8 Å². The summed E-state index contributed by atoms with van der Waals surface area (Å²) < 4.78 is 0.570. The standard InChI is InChI=1S/C20H20N4O4S2/c1-23(2)8-9-29-20-17(24(27)28)12-14(30-20)11-16-19(26)21-15(18(25)22-16)10-13-6-4-3-5-7-13/h3-7,10-12H,8-9H2,1-2H3,(H,21,26)(H,22,25). The molecule has 0 fully saturated rings. The summed E-state index contributed by atoms with van der Waals surface area (Å²) >= 11 is 2.62. The van der Waals surface area contributed by atoms with Crippen molar-refractivity contribution in [2.24, 2.45) is 0 Å². The summed E-state index contributed by atoms with van der Waals surface area (Å²) in [5.74, 6) is 0.704. The lowest BCUT2D eigenvalue weighted by Crippen LogP contribution is -2.46. The second-order valence-corrected chi connectivity index (χ2v) is 9.11. The first kappa shape index (κ1) is 21.8. The lowest BCUT2D eigenvalue weighted by atomic mass is 10.2. The van der Waals surface area contributed by atoms with Gasteiger partial charge in [-0.1, -0.05) is 30.3 Å². The zero-order valence-electron chi connectivity index (χ0n) is 16.4. The molecule has 30 heavy (non-hydrogen) atoms. The van der Waals surface area contributed by atoms with E-state index in [-0.39, 0.29) is 16.4 Å². The Balaban J connectivity index is 1.98. The number of aromatic nitrogens is 2. The minimum Gasteiger partial charge on any atom is -0.316 e. The summed E-state index contributed by atoms with van der Waals surface area (Å²) in [6.07, 6.45) is 3.04. The molecule has 3 rings (SSSR count). The van der Waals surface area contributed by atoms with Gasteiger partial charge in [0, 0.05) is 23.2 Å². The van der Waals surface area contributed by atoms with Gasteiger partial charge in [0.25, 0.3) is 16.8 Å². The molecule has 0 bridgehead atoms. The molecule has 2 heterocycles. The van der Waals surface area contributed by atoms with Gasteiger partial charge in [-0.05, 0) is 31.8 Å². The maximum atomic E-state index is 12.4. The minimum atomic E-state index is -0.477. The monoisotopic (exact) mass is 444 g/mol. The molecular weight excluding hydrogens is 424 g/mol. The number of rotatable bonds is 7. The Kier molecular flexibility index (Phi) is 7.03. The number of thioether (sulfide) groups is 1. The quantitative estimate of drug-likeness (QED) is 0.323. The highest BCUT2D eigenvalue weighted by Crippen LogP contribution is 2.37. The van der Waals surface area contributed by atoms with Crippen LogP contribution in [0.2, 0.25) is 0 Å². The van der Waals surface area contributed by atoms with Crippen molar-refractivity contribution in [2.45, 2.75) is 4.21 Å². The Hall–Kier alpha value is -2.95. The largest absolute Gasteiger partial charge is 0.316 e. The lowest BCUT2D eigenvalue weighted by molar-refractivity contribution is -0.387. The zero-order chi connectivity index (χ0) is 21.7. The van der Waals surface area contributed by atoms with Gasteiger partial charge in [0.1, 0.15) is 14.9 Å². The van der Waals surface area contributed by atoms with Crippen molar-refractivity contribution in [2.75, 3.05) is 26.4 Å². The number of hydrogen-bond donors (Lipinski definition) is 2. The summed E-state index contributed by atoms with van der Waals surface area (Å²) in [5.41, 5.74) is -0.141. The van der Waals surface area contributed by atoms with Crippen LogP contribution in [0.3, 0.4) is 0 Å². The normalized spacial score (nSPS) is 12.6. The fraction of sp³-hybridized carbons (Fsp3) is 0.200. The molecule has 0 spiro atoms. The van der Waals surface area contributed by atoms with Crippen LogP contribution in [-0.4, -0.2) is 46.2 Å². The number of aromatic amines is 2. The summed E-state index contributed by atoms with van der Waals surface area (Å²) in [5, 5.41) is 11.6. The van der Waals surface area contributed by atoms with Crippen LogP contribution in [-0.2, 0) is 0 Å². The van der Waals surface area contributed by atoms with E-state index in [4.69, 9.17) is 0 Å². The lowest BCUT2D eigenvalue weighted by Gasteiger charge is -2.07. The van der Waals surface area contributed by atoms with Gasteiger partial charge in [0.15, 0.2) is 0 Å². The number of benzene rings is 1. The molecule has 1 aromatic carbocycles. The molecule has 3 aromatic rings. The zero-order valence-corrected chi connectivity index (χ0v) is 18.0. The molecule has 0 aliphatic heterocycles. The maximum Gasteiger partial charge on any atom is 0.294 e. The van der Waals surface area contributed by atoms with E-state index in [0.29, 0.717) is 14.8 Å². The molecule has 10 heteroatoms. The van der Waals surface area contributed by atoms with Crippen LogP contribution in [0, 0.1) is 10.1 Å². The Bertz CT molecular complexity index is 1280. The third kappa shape index (κ3) is 5.56. The SMILES string of the molecule is CN(C)CCSc1sc(C=c2[nH]c(=O)c(=Cc3ccccc3)[nH]c2=O)cc1[N+](=O)[O-]. The van der Waals surface area contributed by atoms with Gasteiger partial charge in [0.05, 0.1) is 4.92 Å². The average Bonchev–Trinajstić information content (AvgIpc) is 3.09. The number of nitrogens with one attached hydrogen (secondary N) is 2. The van der Waals surface area contributed by atoms with Crippen LogP contribution >= 0.6 is 23.1 Å². The summed E-state index contributed by atoms with van der Waals surface area (Å²) in [6.45, 7) is 0.783. The predicted molar refractivity (Wildman–Crippen MR) is 121 cm³/mol. The van der Waals surface area contributed by atoms with E-state index >= 15 is 0 Å². The van der Waals surface area contributed by atoms with Gasteiger partial charge in [-0.3, -0.25) is 19.7 Å². The summed E-state index contributed by atoms with van der Waals surface area (Å²) in [7, 11) is 3.87. The van der Waals surface area contributed by atoms with E-state index in [0.717, 1.165) is 12.1 Å². The first-order valence-corrected chi connectivity index (χ1v) is 10.8. The highest BCUT2D eigenvalue weighted by atomic mass is 32.2. The van der Waals surface area contributed by atoms with Gasteiger partial charge < -0.3 is 14.9 Å². The molecule has 0 aliphatic rings. The summed E-state index contributed by atoms with van der Waals surface area (Å²) in [4.78, 5) is 43.4. The number of hydrogen-bond acceptors (Lipinski definition) is 7. The molecule has 0 amide bonds. The van der Waals surface area contributed by atoms with E-state index in [1.54, 1.807) is 6.08 Å². The first-order valence-electron chi connectivity index (χ1n) is 9.00. The van der Waals surface area contributed by atoms with Gasteiger partial charge >= 0.3 is 0 Å². The van der Waals surface area contributed by atoms with Crippen LogP contribution in [0.4, 0.5) is 5.69 Å². The Morgan fingerprint density at radius 2 is 1.73 bits per heavy atom. The van der Waals surface area contributed by atoms with Crippen LogP contribution in [0.25, 0.3) is 12.2 Å². The minimum absolute atomic E-state index is 0.00260. The maximum absolute atomic E-state index is 12.4. The van der Waals surface area contributed by atoms with E-state index < -0.39 is 16.0 Å². The molecule has 0 saturated carbocycles. The molecule has 0 saturated heterocycles. The van der Waals surface area contributed by atoms with Crippen molar-refractivity contribution >= 4 is 40.9 Å². The molecule has 156 valence electrons. The second kappa shape index (κ2) is 9.70. The fourth-order valence-electron chi connectivity index (χ4n) is 2.56. The topological polar surface area (TPSA) is 112 Å². The van der Waals surface area contributed by atoms with Gasteiger partial charge in [-0.2, -0.15) is 0 Å². The van der Waals surface area contributed by atoms with E-state index in [9.17, 15) is 19.7 Å². The number of nitro groups is 1. The number of H-pyrrole nitrogens is 2. The van der Waals surface area contributed by atoms with Crippen molar-refractivity contribution in [1.29, 1.82) is 0 Å². The van der Waals surface area contributed by atoms with Crippen LogP contribution in [0.1, 0.15) is 10.4 Å². The van der Waals surface area contributed by atoms with E-state index in [1.807, 2.05) is 49.3 Å². The predicted octanol–water partition coefficient (Wildman–Crippen LogP) is 1.34. The molecule has 0 unspecified atom stereocenters. The van der Waals surface area contributed by atoms with Crippen molar-refractivity contribution in [1.82, 2.24) is 14.9 Å². The highest BCUT2D eigenvalue weighted by Gasteiger charge is 2.18. The molecular formula is C20H20N4O4S2. The van der Waals surface area contributed by atoms with E-state index in [2.05, 4.69) is 9.97 Å². The molecule has 2 N–H and O–H groups in total. The third-order valence-electron chi connectivity index (χ3n) is 4.05. The first-order chi connectivity index (χ1) is 14.3. The Labute approximate surface area is 179 Å². The Morgan fingerprint density at radius 3 is 2.33 bits per heavy atom. The molecule has 0 radical (unpaired) electrons. The number of thiophene rings is 1.